The quantitative estimate of drug-likeness (QED) is 0.636. The molecule has 18 heavy (non-hydrogen) atoms. The highest BCUT2D eigenvalue weighted by molar-refractivity contribution is 6.10. The Morgan fingerprint density at radius 3 is 2.78 bits per heavy atom. The third kappa shape index (κ3) is 2.00. The van der Waals surface area contributed by atoms with Crippen LogP contribution in [0.4, 0.5) is 5.69 Å². The summed E-state index contributed by atoms with van der Waals surface area (Å²) in [5.41, 5.74) is 5.05. The van der Waals surface area contributed by atoms with Crippen molar-refractivity contribution in [3.8, 4) is 12.1 Å². The molecule has 0 aliphatic carbocycles. The SMILES string of the molecule is Cc1c2ccc(NN=C(C#N)C#N)cc2nn1C. The maximum absolute atomic E-state index is 8.56. The normalized spacial score (nSPS) is 9.56. The molecule has 1 heterocycles. The van der Waals surface area contributed by atoms with Gasteiger partial charge in [0.2, 0.25) is 5.71 Å². The number of hydrogen-bond acceptors (Lipinski definition) is 5. The van der Waals surface area contributed by atoms with Gasteiger partial charge in [0, 0.05) is 18.1 Å². The second-order valence-corrected chi connectivity index (χ2v) is 3.74. The van der Waals surface area contributed by atoms with Crippen LogP contribution in [0.25, 0.3) is 10.9 Å². The van der Waals surface area contributed by atoms with Crippen LogP contribution in [0.15, 0.2) is 23.3 Å². The van der Waals surface area contributed by atoms with E-state index in [0.717, 1.165) is 16.6 Å². The maximum atomic E-state index is 8.56. The molecule has 0 saturated heterocycles. The average molecular weight is 238 g/mol. The van der Waals surface area contributed by atoms with Crippen molar-refractivity contribution in [3.05, 3.63) is 23.9 Å². The second kappa shape index (κ2) is 4.56. The van der Waals surface area contributed by atoms with Crippen LogP contribution in [-0.2, 0) is 7.05 Å². The Hall–Kier alpha value is -2.86. The van der Waals surface area contributed by atoms with Crippen LogP contribution in [0, 0.1) is 29.6 Å². The molecule has 0 saturated carbocycles. The van der Waals surface area contributed by atoms with Gasteiger partial charge in [0.25, 0.3) is 0 Å². The predicted molar refractivity (Wildman–Crippen MR) is 67.7 cm³/mol. The van der Waals surface area contributed by atoms with E-state index in [9.17, 15) is 0 Å². The Morgan fingerprint density at radius 1 is 1.39 bits per heavy atom. The molecule has 0 amide bonds. The molecule has 0 spiro atoms. The van der Waals surface area contributed by atoms with Gasteiger partial charge in [0.15, 0.2) is 0 Å². The van der Waals surface area contributed by atoms with Gasteiger partial charge in [-0.05, 0) is 25.1 Å². The summed E-state index contributed by atoms with van der Waals surface area (Å²) in [5.74, 6) is 0. The summed E-state index contributed by atoms with van der Waals surface area (Å²) in [7, 11) is 1.88. The van der Waals surface area contributed by atoms with E-state index in [1.807, 2.05) is 32.2 Å². The molecule has 6 nitrogen and oxygen atoms in total. The molecule has 0 unspecified atom stereocenters. The lowest BCUT2D eigenvalue weighted by atomic mass is 10.2. The minimum Gasteiger partial charge on any atom is -0.276 e. The van der Waals surface area contributed by atoms with Gasteiger partial charge in [-0.3, -0.25) is 10.1 Å². The molecule has 88 valence electrons. The molecule has 0 atom stereocenters. The Labute approximate surface area is 104 Å². The Bertz CT molecular complexity index is 694. The molecule has 0 bridgehead atoms. The number of rotatable bonds is 2. The van der Waals surface area contributed by atoms with Gasteiger partial charge in [-0.15, -0.1) is 0 Å². The number of hydrogen-bond donors (Lipinski definition) is 1. The summed E-state index contributed by atoms with van der Waals surface area (Å²) in [6.45, 7) is 1.99. The van der Waals surface area contributed by atoms with Gasteiger partial charge < -0.3 is 0 Å². The van der Waals surface area contributed by atoms with Crippen LogP contribution in [0.5, 0.6) is 0 Å². The van der Waals surface area contributed by atoms with Crippen LogP contribution in [0.3, 0.4) is 0 Å². The zero-order valence-corrected chi connectivity index (χ0v) is 9.97. The third-order valence-corrected chi connectivity index (χ3v) is 2.64. The fourth-order valence-corrected chi connectivity index (χ4v) is 1.60. The van der Waals surface area contributed by atoms with Gasteiger partial charge in [-0.2, -0.15) is 20.7 Å². The summed E-state index contributed by atoms with van der Waals surface area (Å²) < 4.78 is 1.80. The summed E-state index contributed by atoms with van der Waals surface area (Å²) >= 11 is 0. The molecule has 0 aliphatic rings. The van der Waals surface area contributed by atoms with Gasteiger partial charge in [-0.25, -0.2) is 0 Å². The molecular weight excluding hydrogens is 228 g/mol. The highest BCUT2D eigenvalue weighted by atomic mass is 15.3. The van der Waals surface area contributed by atoms with Gasteiger partial charge in [-0.1, -0.05) is 0 Å². The number of nitrogens with one attached hydrogen (secondary N) is 1. The molecule has 2 rings (SSSR count). The minimum atomic E-state index is -0.215. The lowest BCUT2D eigenvalue weighted by molar-refractivity contribution is 0.751. The second-order valence-electron chi connectivity index (χ2n) is 3.74. The number of anilines is 1. The van der Waals surface area contributed by atoms with Crippen molar-refractivity contribution < 1.29 is 0 Å². The van der Waals surface area contributed by atoms with E-state index < -0.39 is 0 Å². The van der Waals surface area contributed by atoms with E-state index in [0.29, 0.717) is 5.69 Å². The first-order chi connectivity index (χ1) is 8.65. The molecule has 0 aliphatic heterocycles. The smallest absolute Gasteiger partial charge is 0.237 e. The summed E-state index contributed by atoms with van der Waals surface area (Å²) in [6, 6.07) is 8.93. The Kier molecular flexibility index (Phi) is 2.94. The highest BCUT2D eigenvalue weighted by Crippen LogP contribution is 2.20. The van der Waals surface area contributed by atoms with Crippen LogP contribution >= 0.6 is 0 Å². The number of fused-ring (bicyclic) bond motifs is 1. The molecule has 1 N–H and O–H groups in total. The molecule has 0 radical (unpaired) electrons. The van der Waals surface area contributed by atoms with E-state index >= 15 is 0 Å². The van der Waals surface area contributed by atoms with Crippen LogP contribution < -0.4 is 5.43 Å². The van der Waals surface area contributed by atoms with E-state index in [-0.39, 0.29) is 5.71 Å². The number of hydrazone groups is 1. The summed E-state index contributed by atoms with van der Waals surface area (Å²) in [5, 5.41) is 26.2. The van der Waals surface area contributed by atoms with Crippen LogP contribution in [-0.4, -0.2) is 15.5 Å². The molecule has 6 heteroatoms. The topological polar surface area (TPSA) is 89.8 Å². The molecule has 1 aromatic carbocycles. The molecule has 2 aromatic rings. The zero-order chi connectivity index (χ0) is 13.1. The summed E-state index contributed by atoms with van der Waals surface area (Å²) in [6.07, 6.45) is 0. The number of nitriles is 2. The number of aromatic nitrogens is 2. The maximum Gasteiger partial charge on any atom is 0.237 e. The average Bonchev–Trinajstić information content (AvgIpc) is 2.66. The van der Waals surface area contributed by atoms with Gasteiger partial charge >= 0.3 is 0 Å². The lowest BCUT2D eigenvalue weighted by Crippen LogP contribution is -1.96. The van der Waals surface area contributed by atoms with Crippen LogP contribution in [0.2, 0.25) is 0 Å². The van der Waals surface area contributed by atoms with Crippen LogP contribution in [0.1, 0.15) is 5.69 Å². The fraction of sp³-hybridized carbons (Fsp3) is 0.167. The summed E-state index contributed by atoms with van der Waals surface area (Å²) in [4.78, 5) is 0. The number of nitrogens with zero attached hydrogens (tertiary/aromatic N) is 5. The van der Waals surface area contributed by atoms with Gasteiger partial charge in [0.05, 0.1) is 11.2 Å². The number of aryl methyl sites for hydroxylation is 2. The largest absolute Gasteiger partial charge is 0.276 e. The highest BCUT2D eigenvalue weighted by Gasteiger charge is 2.05. The van der Waals surface area contributed by atoms with Crippen molar-refractivity contribution >= 4 is 22.3 Å². The van der Waals surface area contributed by atoms with Crippen molar-refractivity contribution in [2.24, 2.45) is 12.1 Å². The standard InChI is InChI=1S/C12H10N6/c1-8-11-4-3-9(5-12(11)17-18(8)2)15-16-10(6-13)7-14/h3-5,15H,1-2H3. The molecule has 1 aromatic heterocycles. The van der Waals surface area contributed by atoms with E-state index in [1.165, 1.54) is 0 Å². The first-order valence-electron chi connectivity index (χ1n) is 5.23. The fourth-order valence-electron chi connectivity index (χ4n) is 1.60. The Balaban J connectivity index is 2.35. The predicted octanol–water partition coefficient (Wildman–Crippen LogP) is 1.70. The lowest BCUT2D eigenvalue weighted by Gasteiger charge is -1.99. The van der Waals surface area contributed by atoms with Crippen molar-refractivity contribution in [2.45, 2.75) is 6.92 Å². The Morgan fingerprint density at radius 2 is 2.11 bits per heavy atom. The first-order valence-corrected chi connectivity index (χ1v) is 5.23. The van der Waals surface area contributed by atoms with Gasteiger partial charge in [0.1, 0.15) is 12.1 Å². The number of benzene rings is 1. The zero-order valence-electron chi connectivity index (χ0n) is 9.97. The van der Waals surface area contributed by atoms with E-state index in [1.54, 1.807) is 16.8 Å². The van der Waals surface area contributed by atoms with Crippen molar-refractivity contribution in [2.75, 3.05) is 5.43 Å². The van der Waals surface area contributed by atoms with E-state index in [2.05, 4.69) is 15.6 Å². The van der Waals surface area contributed by atoms with Crippen molar-refractivity contribution in [1.82, 2.24) is 9.78 Å². The van der Waals surface area contributed by atoms with Crippen molar-refractivity contribution in [1.29, 1.82) is 10.5 Å². The molecular formula is C12H10N6. The minimum absolute atomic E-state index is 0.215. The molecule has 0 fully saturated rings. The third-order valence-electron chi connectivity index (χ3n) is 2.64. The van der Waals surface area contributed by atoms with E-state index in [4.69, 9.17) is 10.5 Å². The monoisotopic (exact) mass is 238 g/mol. The first kappa shape index (κ1) is 11.6. The van der Waals surface area contributed by atoms with Crippen molar-refractivity contribution in [3.63, 3.8) is 0 Å².